The molecule has 1 aliphatic heterocycles. The van der Waals surface area contributed by atoms with Gasteiger partial charge in [-0.25, -0.2) is 8.42 Å². The maximum absolute atomic E-state index is 13.0. The third kappa shape index (κ3) is 2.72. The van der Waals surface area contributed by atoms with E-state index < -0.39 is 10.0 Å². The quantitative estimate of drug-likeness (QED) is 0.491. The molecule has 1 saturated carbocycles. The summed E-state index contributed by atoms with van der Waals surface area (Å²) in [6.45, 7) is 0. The van der Waals surface area contributed by atoms with Gasteiger partial charge in [-0.2, -0.15) is 0 Å². The van der Waals surface area contributed by atoms with Crippen LogP contribution in [0.15, 0.2) is 77.8 Å². The Bertz CT molecular complexity index is 1380. The molecule has 160 valence electrons. The van der Waals surface area contributed by atoms with Gasteiger partial charge in [0.1, 0.15) is 0 Å². The number of sulfonamides is 1. The molecule has 3 aliphatic rings. The maximum atomic E-state index is 13.0. The number of pyridine rings is 1. The Morgan fingerprint density at radius 2 is 1.53 bits per heavy atom. The van der Waals surface area contributed by atoms with Gasteiger partial charge in [0.2, 0.25) is 11.8 Å². The average Bonchev–Trinajstić information content (AvgIpc) is 3.48. The predicted octanol–water partition coefficient (Wildman–Crippen LogP) is 3.35. The molecule has 0 radical (unpaired) electrons. The monoisotopic (exact) mass is 445 g/mol. The van der Waals surface area contributed by atoms with Gasteiger partial charge >= 0.3 is 0 Å². The zero-order valence-corrected chi connectivity index (χ0v) is 17.7. The van der Waals surface area contributed by atoms with E-state index in [-0.39, 0.29) is 40.4 Å². The molecule has 2 amide bonds. The number of nitrogens with one attached hydrogen (secondary N) is 1. The van der Waals surface area contributed by atoms with Gasteiger partial charge in [-0.3, -0.25) is 24.2 Å². The van der Waals surface area contributed by atoms with Gasteiger partial charge in [-0.15, -0.1) is 0 Å². The number of rotatable bonds is 4. The summed E-state index contributed by atoms with van der Waals surface area (Å²) in [5.41, 5.74) is 1.34. The van der Waals surface area contributed by atoms with E-state index in [1.54, 1.807) is 24.4 Å². The van der Waals surface area contributed by atoms with Gasteiger partial charge < -0.3 is 0 Å². The van der Waals surface area contributed by atoms with Crippen molar-refractivity contribution in [2.45, 2.75) is 11.3 Å². The van der Waals surface area contributed by atoms with Crippen molar-refractivity contribution in [2.75, 3.05) is 9.62 Å². The normalized spacial score (nSPS) is 26.2. The first-order valence-electron chi connectivity index (χ1n) is 10.5. The van der Waals surface area contributed by atoms with Crippen LogP contribution in [-0.2, 0) is 19.6 Å². The highest BCUT2D eigenvalue weighted by Gasteiger charge is 2.59. The molecule has 1 aromatic heterocycles. The highest BCUT2D eigenvalue weighted by Crippen LogP contribution is 2.53. The molecule has 1 saturated heterocycles. The van der Waals surface area contributed by atoms with E-state index >= 15 is 0 Å². The number of para-hydroxylation sites is 1. The first-order chi connectivity index (χ1) is 15.4. The molecule has 2 aliphatic carbocycles. The molecule has 2 fully saturated rings. The van der Waals surface area contributed by atoms with Crippen molar-refractivity contribution in [2.24, 2.45) is 23.7 Å². The van der Waals surface area contributed by atoms with Crippen molar-refractivity contribution in [1.29, 1.82) is 0 Å². The minimum atomic E-state index is -3.88. The van der Waals surface area contributed by atoms with Crippen LogP contribution in [0.4, 0.5) is 11.4 Å². The van der Waals surface area contributed by atoms with E-state index in [1.807, 2.05) is 24.3 Å². The summed E-state index contributed by atoms with van der Waals surface area (Å²) in [6, 6.07) is 14.8. The lowest BCUT2D eigenvalue weighted by atomic mass is 9.85. The van der Waals surface area contributed by atoms with E-state index in [0.717, 1.165) is 11.8 Å². The molecule has 1 N–H and O–H groups in total. The summed E-state index contributed by atoms with van der Waals surface area (Å²) in [5.74, 6) is -0.697. The van der Waals surface area contributed by atoms with E-state index in [0.29, 0.717) is 16.9 Å². The van der Waals surface area contributed by atoms with Crippen molar-refractivity contribution < 1.29 is 18.0 Å². The number of fused-ring (bicyclic) bond motifs is 6. The second-order valence-electron chi connectivity index (χ2n) is 8.49. The van der Waals surface area contributed by atoms with Crippen molar-refractivity contribution in [3.8, 4) is 0 Å². The van der Waals surface area contributed by atoms with Crippen LogP contribution in [-0.4, -0.2) is 25.2 Å². The molecular weight excluding hydrogens is 426 g/mol. The molecule has 2 heterocycles. The lowest BCUT2D eigenvalue weighted by Gasteiger charge is -2.18. The number of hydrogen-bond donors (Lipinski definition) is 1. The predicted molar refractivity (Wildman–Crippen MR) is 119 cm³/mol. The van der Waals surface area contributed by atoms with Gasteiger partial charge in [0, 0.05) is 11.6 Å². The van der Waals surface area contributed by atoms with E-state index in [4.69, 9.17) is 0 Å². The number of benzene rings is 2. The summed E-state index contributed by atoms with van der Waals surface area (Å²) < 4.78 is 28.5. The van der Waals surface area contributed by atoms with Gasteiger partial charge in [0.25, 0.3) is 10.0 Å². The van der Waals surface area contributed by atoms with E-state index in [9.17, 15) is 18.0 Å². The number of carbonyl (C=O) groups excluding carboxylic acids is 2. The van der Waals surface area contributed by atoms with Crippen LogP contribution in [0.1, 0.15) is 6.42 Å². The number of amides is 2. The van der Waals surface area contributed by atoms with Crippen LogP contribution >= 0.6 is 0 Å². The minimum Gasteiger partial charge on any atom is -0.277 e. The van der Waals surface area contributed by atoms with Crippen LogP contribution in [0.2, 0.25) is 0 Å². The Balaban J connectivity index is 1.28. The molecule has 7 nitrogen and oxygen atoms in total. The Hall–Kier alpha value is -3.52. The third-order valence-corrected chi connectivity index (χ3v) is 8.13. The summed E-state index contributed by atoms with van der Waals surface area (Å²) in [6.07, 6.45) is 6.57. The maximum Gasteiger partial charge on any atom is 0.261 e. The number of hydrogen-bond acceptors (Lipinski definition) is 5. The fourth-order valence-electron chi connectivity index (χ4n) is 5.32. The molecule has 4 atom stereocenters. The zero-order chi connectivity index (χ0) is 22.0. The van der Waals surface area contributed by atoms with Gasteiger partial charge in [-0.1, -0.05) is 30.4 Å². The first-order valence-corrected chi connectivity index (χ1v) is 12.0. The fraction of sp³-hybridized carbons (Fsp3) is 0.208. The van der Waals surface area contributed by atoms with Crippen molar-refractivity contribution in [1.82, 2.24) is 4.98 Å². The van der Waals surface area contributed by atoms with Gasteiger partial charge in [0.05, 0.1) is 33.6 Å². The Kier molecular flexibility index (Phi) is 4.04. The van der Waals surface area contributed by atoms with Gasteiger partial charge in [0.15, 0.2) is 0 Å². The number of anilines is 2. The van der Waals surface area contributed by atoms with E-state index in [1.165, 1.54) is 29.2 Å². The Morgan fingerprint density at radius 1 is 0.875 bits per heavy atom. The Morgan fingerprint density at radius 3 is 2.22 bits per heavy atom. The molecular formula is C24H19N3O4S. The molecule has 32 heavy (non-hydrogen) atoms. The van der Waals surface area contributed by atoms with Crippen LogP contribution in [0.3, 0.4) is 0 Å². The van der Waals surface area contributed by atoms with Crippen LogP contribution in [0.5, 0.6) is 0 Å². The average molecular weight is 446 g/mol. The van der Waals surface area contributed by atoms with Crippen molar-refractivity contribution in [3.05, 3.63) is 72.9 Å². The third-order valence-electron chi connectivity index (χ3n) is 6.75. The molecule has 6 rings (SSSR count). The van der Waals surface area contributed by atoms with Crippen LogP contribution in [0, 0.1) is 23.7 Å². The summed E-state index contributed by atoms with van der Waals surface area (Å²) in [4.78, 5) is 31.5. The number of carbonyl (C=O) groups is 2. The largest absolute Gasteiger partial charge is 0.277 e. The smallest absolute Gasteiger partial charge is 0.261 e. The highest BCUT2D eigenvalue weighted by molar-refractivity contribution is 7.92. The van der Waals surface area contributed by atoms with Crippen LogP contribution in [0.25, 0.3) is 10.9 Å². The number of nitrogens with zero attached hydrogens (tertiary/aromatic N) is 2. The molecule has 2 bridgehead atoms. The molecule has 1 unspecified atom stereocenters. The first kappa shape index (κ1) is 19.2. The van der Waals surface area contributed by atoms with Crippen molar-refractivity contribution in [3.63, 3.8) is 0 Å². The highest BCUT2D eigenvalue weighted by atomic mass is 32.2. The molecule has 2 aromatic carbocycles. The second-order valence-corrected chi connectivity index (χ2v) is 10.2. The van der Waals surface area contributed by atoms with Crippen LogP contribution < -0.4 is 9.62 Å². The van der Waals surface area contributed by atoms with Gasteiger partial charge in [-0.05, 0) is 54.7 Å². The number of aromatic nitrogens is 1. The van der Waals surface area contributed by atoms with E-state index in [2.05, 4.69) is 9.71 Å². The van der Waals surface area contributed by atoms with Crippen molar-refractivity contribution >= 4 is 44.1 Å². The summed E-state index contributed by atoms with van der Waals surface area (Å²) in [7, 11) is -3.88. The lowest BCUT2D eigenvalue weighted by Crippen LogP contribution is -2.32. The minimum absolute atomic E-state index is 0.0372. The summed E-state index contributed by atoms with van der Waals surface area (Å²) >= 11 is 0. The molecule has 0 spiro atoms. The zero-order valence-electron chi connectivity index (χ0n) is 16.9. The SMILES string of the molecule is O=C1[C@@H]2[C@H]3C=CC(C3)[C@@H]2C(=O)N1c1ccc(S(=O)(=O)Nc2cccc3cccnc23)cc1. The topological polar surface area (TPSA) is 96.4 Å². The second kappa shape index (κ2) is 6.74. The summed E-state index contributed by atoms with van der Waals surface area (Å²) in [5, 5.41) is 0.822. The molecule has 3 aromatic rings. The lowest BCUT2D eigenvalue weighted by molar-refractivity contribution is -0.123. The number of allylic oxidation sites excluding steroid dienone is 2. The standard InChI is InChI=1S/C24H19N3O4S/c28-23-20-15-6-7-16(13-15)21(20)24(29)27(23)17-8-10-18(11-9-17)32(30,31)26-19-5-1-3-14-4-2-12-25-22(14)19/h1-12,15-16,20-21,26H,13H2/t15-,16?,20+,21-/m0/s1. The molecule has 8 heteroatoms. The number of imide groups is 1. The Labute approximate surface area is 184 Å². The fourth-order valence-corrected chi connectivity index (χ4v) is 6.39.